The molecule has 2 aromatic rings. The first-order valence-corrected chi connectivity index (χ1v) is 12.0. The van der Waals surface area contributed by atoms with E-state index in [1.165, 1.54) is 18.4 Å². The van der Waals surface area contributed by atoms with Crippen LogP contribution in [0.15, 0.2) is 24.3 Å². The number of aryl methyl sites for hydroxylation is 1. The van der Waals surface area contributed by atoms with E-state index in [1.54, 1.807) is 0 Å². The van der Waals surface area contributed by atoms with E-state index < -0.39 is 0 Å². The van der Waals surface area contributed by atoms with E-state index in [9.17, 15) is 0 Å². The third-order valence-corrected chi connectivity index (χ3v) is 7.34. The summed E-state index contributed by atoms with van der Waals surface area (Å²) < 4.78 is 11.3. The highest BCUT2D eigenvalue weighted by Gasteiger charge is 2.31. The summed E-state index contributed by atoms with van der Waals surface area (Å²) in [5.74, 6) is 1.69. The Morgan fingerprint density at radius 1 is 1.03 bits per heavy atom. The molecule has 0 amide bonds. The average Bonchev–Trinajstić information content (AvgIpc) is 2.98. The highest BCUT2D eigenvalue weighted by molar-refractivity contribution is 6.31. The lowest BCUT2D eigenvalue weighted by Crippen LogP contribution is -2.51. The third kappa shape index (κ3) is 4.57. The first kappa shape index (κ1) is 21.9. The Bertz CT molecular complexity index is 926. The second-order valence-corrected chi connectivity index (χ2v) is 9.55. The molecule has 3 aliphatic heterocycles. The van der Waals surface area contributed by atoms with Crippen molar-refractivity contribution < 1.29 is 9.47 Å². The zero-order chi connectivity index (χ0) is 22.1. The molecule has 5 rings (SSSR count). The molecule has 2 N–H and O–H groups in total. The number of nitrogen functional groups attached to an aromatic ring is 1. The minimum Gasteiger partial charge on any atom is -0.379 e. The van der Waals surface area contributed by atoms with E-state index >= 15 is 0 Å². The molecule has 0 bridgehead atoms. The van der Waals surface area contributed by atoms with E-state index in [-0.39, 0.29) is 6.04 Å². The number of nitrogens with two attached hydrogens (primary N) is 1. The Labute approximate surface area is 194 Å². The fourth-order valence-electron chi connectivity index (χ4n) is 5.13. The van der Waals surface area contributed by atoms with Gasteiger partial charge in [0, 0.05) is 29.9 Å². The maximum Gasteiger partial charge on any atom is 0.222 e. The molecule has 4 heterocycles. The van der Waals surface area contributed by atoms with Gasteiger partial charge in [0.05, 0.1) is 31.9 Å². The van der Waals surface area contributed by atoms with Gasteiger partial charge in [-0.1, -0.05) is 23.7 Å². The van der Waals surface area contributed by atoms with Crippen molar-refractivity contribution in [2.45, 2.75) is 44.2 Å². The van der Waals surface area contributed by atoms with Crippen LogP contribution in [0, 0.1) is 6.92 Å². The van der Waals surface area contributed by atoms with Crippen LogP contribution in [0.1, 0.15) is 48.0 Å². The Morgan fingerprint density at radius 3 is 2.53 bits per heavy atom. The fourth-order valence-corrected chi connectivity index (χ4v) is 5.45. The van der Waals surface area contributed by atoms with Crippen LogP contribution in [0.25, 0.3) is 0 Å². The fraction of sp³-hybridized carbons (Fsp3) is 0.583. The van der Waals surface area contributed by atoms with Crippen molar-refractivity contribution >= 4 is 23.4 Å². The summed E-state index contributed by atoms with van der Waals surface area (Å²) in [6, 6.07) is 9.23. The minimum atomic E-state index is -0.00628. The van der Waals surface area contributed by atoms with Crippen LogP contribution in [0.2, 0.25) is 5.02 Å². The Balaban J connectivity index is 1.35. The number of anilines is 2. The van der Waals surface area contributed by atoms with Gasteiger partial charge < -0.3 is 20.1 Å². The van der Waals surface area contributed by atoms with Gasteiger partial charge in [-0.3, -0.25) is 4.90 Å². The molecule has 172 valence electrons. The number of rotatable bonds is 4. The molecule has 0 aliphatic carbocycles. The van der Waals surface area contributed by atoms with Gasteiger partial charge in [-0.25, -0.2) is 4.98 Å². The van der Waals surface area contributed by atoms with Crippen molar-refractivity contribution in [1.82, 2.24) is 14.9 Å². The number of ether oxygens (including phenoxy) is 2. The predicted octanol–water partition coefficient (Wildman–Crippen LogP) is 3.57. The summed E-state index contributed by atoms with van der Waals surface area (Å²) >= 11 is 6.89. The monoisotopic (exact) mass is 457 g/mol. The van der Waals surface area contributed by atoms with E-state index in [1.807, 2.05) is 13.0 Å². The van der Waals surface area contributed by atoms with Crippen LogP contribution in [0.3, 0.4) is 0 Å². The number of halogens is 1. The lowest BCUT2D eigenvalue weighted by Gasteiger charge is -2.41. The highest BCUT2D eigenvalue weighted by atomic mass is 35.5. The van der Waals surface area contributed by atoms with Gasteiger partial charge >= 0.3 is 0 Å². The van der Waals surface area contributed by atoms with Crippen LogP contribution < -0.4 is 10.6 Å². The second kappa shape index (κ2) is 9.51. The molecule has 8 heteroatoms. The average molecular weight is 458 g/mol. The minimum absolute atomic E-state index is 0.00628. The summed E-state index contributed by atoms with van der Waals surface area (Å²) in [6.07, 6.45) is 3.27. The molecule has 3 aliphatic rings. The van der Waals surface area contributed by atoms with Crippen LogP contribution in [-0.2, 0) is 9.47 Å². The van der Waals surface area contributed by atoms with Crippen molar-refractivity contribution in [1.29, 1.82) is 0 Å². The largest absolute Gasteiger partial charge is 0.379 e. The quantitative estimate of drug-likeness (QED) is 0.752. The molecule has 32 heavy (non-hydrogen) atoms. The number of hydrogen-bond donors (Lipinski definition) is 1. The maximum absolute atomic E-state index is 6.89. The molecule has 1 atom stereocenters. The van der Waals surface area contributed by atoms with Gasteiger partial charge in [-0.15, -0.1) is 0 Å². The molecule has 0 unspecified atom stereocenters. The number of aromatic nitrogens is 2. The molecule has 0 spiro atoms. The van der Waals surface area contributed by atoms with Crippen LogP contribution in [0.5, 0.6) is 0 Å². The number of piperidine rings is 1. The van der Waals surface area contributed by atoms with E-state index in [4.69, 9.17) is 26.8 Å². The van der Waals surface area contributed by atoms with E-state index in [2.05, 4.69) is 38.0 Å². The molecule has 0 saturated carbocycles. The molecular formula is C24H32ClN5O2. The molecule has 0 radical (unpaired) electrons. The van der Waals surface area contributed by atoms with Crippen molar-refractivity contribution in [3.8, 4) is 0 Å². The lowest BCUT2D eigenvalue weighted by molar-refractivity contribution is -0.0712. The lowest BCUT2D eigenvalue weighted by atomic mass is 9.87. The Hall–Kier alpha value is -1.93. The summed E-state index contributed by atoms with van der Waals surface area (Å²) in [4.78, 5) is 13.6. The summed E-state index contributed by atoms with van der Waals surface area (Å²) in [6.45, 7) is 8.13. The van der Waals surface area contributed by atoms with Crippen molar-refractivity contribution in [2.75, 3.05) is 56.7 Å². The van der Waals surface area contributed by atoms with Gasteiger partial charge in [0.2, 0.25) is 5.95 Å². The topological polar surface area (TPSA) is 76.7 Å². The smallest absolute Gasteiger partial charge is 0.222 e. The SMILES string of the molecule is Cc1cc(N2CCCOC[C@@H]2c2ccc(C3CCN(C4COC4)CC3)cc2Cl)nc(N)n1. The van der Waals surface area contributed by atoms with Gasteiger partial charge in [0.1, 0.15) is 5.82 Å². The second-order valence-electron chi connectivity index (χ2n) is 9.15. The third-order valence-electron chi connectivity index (χ3n) is 7.01. The molecule has 1 aromatic heterocycles. The van der Waals surface area contributed by atoms with Gasteiger partial charge in [-0.05, 0) is 62.4 Å². The highest BCUT2D eigenvalue weighted by Crippen LogP contribution is 2.37. The number of likely N-dealkylation sites (tertiary alicyclic amines) is 1. The van der Waals surface area contributed by atoms with Crippen LogP contribution in [0.4, 0.5) is 11.8 Å². The van der Waals surface area contributed by atoms with E-state index in [0.29, 0.717) is 24.5 Å². The Morgan fingerprint density at radius 2 is 1.84 bits per heavy atom. The normalized spacial score (nSPS) is 23.7. The molecule has 7 nitrogen and oxygen atoms in total. The van der Waals surface area contributed by atoms with Crippen LogP contribution in [-0.4, -0.2) is 67.0 Å². The molecule has 1 aromatic carbocycles. The van der Waals surface area contributed by atoms with Crippen molar-refractivity contribution in [3.63, 3.8) is 0 Å². The van der Waals surface area contributed by atoms with Crippen molar-refractivity contribution in [3.05, 3.63) is 46.1 Å². The van der Waals surface area contributed by atoms with Gasteiger partial charge in [0.15, 0.2) is 0 Å². The van der Waals surface area contributed by atoms with Crippen molar-refractivity contribution in [2.24, 2.45) is 0 Å². The molecule has 3 saturated heterocycles. The molecule has 3 fully saturated rings. The maximum atomic E-state index is 6.89. The number of hydrogen-bond acceptors (Lipinski definition) is 7. The number of benzene rings is 1. The Kier molecular flexibility index (Phi) is 6.51. The summed E-state index contributed by atoms with van der Waals surface area (Å²) in [5, 5.41) is 0.802. The number of nitrogens with zero attached hydrogens (tertiary/aromatic N) is 4. The standard InChI is InChI=1S/C24H32ClN5O2/c1-16-11-23(28-24(26)27-16)30-7-2-10-31-15-22(30)20-4-3-18(12-21(20)25)17-5-8-29(9-6-17)19-13-32-14-19/h3-4,11-12,17,19,22H,2,5-10,13-15H2,1H3,(H2,26,27,28)/t22-/m1/s1. The van der Waals surface area contributed by atoms with E-state index in [0.717, 1.165) is 68.0 Å². The van der Waals surface area contributed by atoms with Crippen LogP contribution >= 0.6 is 11.6 Å². The van der Waals surface area contributed by atoms with Gasteiger partial charge in [0.25, 0.3) is 0 Å². The zero-order valence-corrected chi connectivity index (χ0v) is 19.4. The zero-order valence-electron chi connectivity index (χ0n) is 18.7. The summed E-state index contributed by atoms with van der Waals surface area (Å²) in [7, 11) is 0. The first-order chi connectivity index (χ1) is 15.6. The molecular weight excluding hydrogens is 426 g/mol. The van der Waals surface area contributed by atoms with Gasteiger partial charge in [-0.2, -0.15) is 4.98 Å². The first-order valence-electron chi connectivity index (χ1n) is 11.6. The predicted molar refractivity (Wildman–Crippen MR) is 126 cm³/mol. The summed E-state index contributed by atoms with van der Waals surface area (Å²) in [5.41, 5.74) is 9.22.